The van der Waals surface area contributed by atoms with Gasteiger partial charge in [-0.05, 0) is 61.1 Å². The first kappa shape index (κ1) is 33.3. The molecule has 0 atom stereocenters. The Hall–Kier alpha value is -3.05. The molecule has 45 heavy (non-hydrogen) atoms. The van der Waals surface area contributed by atoms with E-state index >= 15 is 0 Å². The van der Waals surface area contributed by atoms with E-state index < -0.39 is 21.4 Å². The summed E-state index contributed by atoms with van der Waals surface area (Å²) in [5.74, 6) is 0.934. The Morgan fingerprint density at radius 2 is 1.49 bits per heavy atom. The van der Waals surface area contributed by atoms with Gasteiger partial charge in [-0.3, -0.25) is 13.9 Å². The zero-order valence-electron chi connectivity index (χ0n) is 23.2. The van der Waals surface area contributed by atoms with Crippen molar-refractivity contribution in [2.45, 2.75) is 17.7 Å². The third-order valence-corrected chi connectivity index (χ3v) is 10.8. The van der Waals surface area contributed by atoms with Gasteiger partial charge in [-0.15, -0.1) is 9.46 Å². The van der Waals surface area contributed by atoms with Crippen molar-refractivity contribution in [2.24, 2.45) is 0 Å². The van der Waals surface area contributed by atoms with E-state index in [4.69, 9.17) is 0 Å². The summed E-state index contributed by atoms with van der Waals surface area (Å²) in [6.45, 7) is 0. The van der Waals surface area contributed by atoms with Gasteiger partial charge in [-0.1, -0.05) is 88.7 Å². The summed E-state index contributed by atoms with van der Waals surface area (Å²) < 4.78 is 55.9. The Balaban J connectivity index is 1.30. The number of thioether (sulfide) groups is 1. The van der Waals surface area contributed by atoms with Crippen LogP contribution in [0.4, 0.5) is 9.05 Å². The van der Waals surface area contributed by atoms with Crippen molar-refractivity contribution >= 4 is 64.9 Å². The number of nitrogens with zero attached hydrogens (tertiary/aromatic N) is 1. The lowest BCUT2D eigenvalue weighted by Gasteiger charge is -2.13. The normalized spacial score (nSPS) is 12.0. The van der Waals surface area contributed by atoms with Gasteiger partial charge in [0.2, 0.25) is 5.78 Å². The summed E-state index contributed by atoms with van der Waals surface area (Å²) in [7, 11) is -9.24. The highest BCUT2D eigenvalue weighted by Gasteiger charge is 2.29. The molecule has 8 nitrogen and oxygen atoms in total. The van der Waals surface area contributed by atoms with Crippen molar-refractivity contribution < 1.29 is 42.2 Å². The van der Waals surface area contributed by atoms with Crippen LogP contribution in [0.15, 0.2) is 102 Å². The first-order chi connectivity index (χ1) is 21.5. The largest absolute Gasteiger partial charge is 0.399 e. The first-order valence-electron chi connectivity index (χ1n) is 13.2. The molecule has 0 spiro atoms. The van der Waals surface area contributed by atoms with E-state index in [0.717, 1.165) is 16.7 Å². The second-order valence-corrected chi connectivity index (χ2v) is 15.2. The number of benzene rings is 4. The summed E-state index contributed by atoms with van der Waals surface area (Å²) in [5, 5.41) is 0.233. The van der Waals surface area contributed by atoms with E-state index in [1.165, 1.54) is 6.07 Å². The number of carbonyl (C=O) groups excluding carboxylic acids is 1. The molecule has 1 heterocycles. The predicted octanol–water partition coefficient (Wildman–Crippen LogP) is 8.63. The van der Waals surface area contributed by atoms with Crippen molar-refractivity contribution in [3.05, 3.63) is 129 Å². The van der Waals surface area contributed by atoms with Gasteiger partial charge in [0.25, 0.3) is 0 Å². The molecule has 0 aliphatic carbocycles. The summed E-state index contributed by atoms with van der Waals surface area (Å²) in [4.78, 5) is 37.6. The van der Waals surface area contributed by atoms with E-state index in [1.807, 2.05) is 24.3 Å². The minimum atomic E-state index is -4.75. The summed E-state index contributed by atoms with van der Waals surface area (Å²) in [6.07, 6.45) is -0.571. The highest BCUT2D eigenvalue weighted by Crippen LogP contribution is 2.53. The monoisotopic (exact) mass is 733 g/mol. The average Bonchev–Trinajstić information content (AvgIpc) is 3.05. The van der Waals surface area contributed by atoms with E-state index in [2.05, 4.69) is 30.4 Å². The summed E-state index contributed by atoms with van der Waals surface area (Å²) in [6, 6.07) is 27.6. The molecular formula is C31H24BrF2NO7P2S. The molecule has 5 aromatic rings. The quantitative estimate of drug-likeness (QED) is 0.0958. The zero-order valence-corrected chi connectivity index (χ0v) is 27.4. The molecular weight excluding hydrogens is 710 g/mol. The lowest BCUT2D eigenvalue weighted by atomic mass is 10.0. The number of carbonyl (C=O) groups is 1. The maximum Gasteiger partial charge on any atom is 0.399 e. The Kier molecular flexibility index (Phi) is 10.5. The molecule has 0 bridgehead atoms. The van der Waals surface area contributed by atoms with Crippen LogP contribution in [0.1, 0.15) is 32.7 Å². The Labute approximate surface area is 269 Å². The number of hydrogen-bond donors (Lipinski definition) is 2. The SMILES string of the molecule is O=C(c1ccccc1)c1ccc2cc(-c3ccc(CSCc4ccc(CP(=O)(OF)OF)c(Br)c4)cc3)cc(P(=O)(O)O)c2n1. The molecule has 4 aromatic carbocycles. The van der Waals surface area contributed by atoms with Crippen LogP contribution in [0, 0.1) is 0 Å². The van der Waals surface area contributed by atoms with Crippen molar-refractivity contribution in [1.82, 2.24) is 4.98 Å². The number of rotatable bonds is 12. The molecule has 5 rings (SSSR count). The molecule has 0 unspecified atom stereocenters. The second kappa shape index (κ2) is 14.2. The van der Waals surface area contributed by atoms with Gasteiger partial charge < -0.3 is 9.79 Å². The predicted molar refractivity (Wildman–Crippen MR) is 174 cm³/mol. The second-order valence-electron chi connectivity index (χ2n) is 10.0. The third kappa shape index (κ3) is 8.03. The molecule has 0 aliphatic rings. The van der Waals surface area contributed by atoms with Crippen LogP contribution < -0.4 is 5.30 Å². The van der Waals surface area contributed by atoms with Gasteiger partial charge in [0.05, 0.1) is 17.0 Å². The fourth-order valence-electron chi connectivity index (χ4n) is 4.63. The van der Waals surface area contributed by atoms with E-state index in [9.17, 15) is 32.8 Å². The zero-order chi connectivity index (χ0) is 32.2. The van der Waals surface area contributed by atoms with Crippen molar-refractivity contribution in [3.8, 4) is 11.1 Å². The summed E-state index contributed by atoms with van der Waals surface area (Å²) in [5.41, 5.74) is 4.23. The van der Waals surface area contributed by atoms with Crippen LogP contribution in [0.2, 0.25) is 0 Å². The van der Waals surface area contributed by atoms with Gasteiger partial charge in [-0.2, -0.15) is 11.8 Å². The van der Waals surface area contributed by atoms with Gasteiger partial charge in [-0.25, -0.2) is 4.98 Å². The molecule has 0 saturated carbocycles. The van der Waals surface area contributed by atoms with Crippen LogP contribution in [-0.4, -0.2) is 20.6 Å². The molecule has 0 saturated heterocycles. The molecule has 232 valence electrons. The molecule has 14 heteroatoms. The smallest absolute Gasteiger partial charge is 0.321 e. The lowest BCUT2D eigenvalue weighted by Crippen LogP contribution is -2.11. The highest BCUT2D eigenvalue weighted by molar-refractivity contribution is 9.10. The van der Waals surface area contributed by atoms with Crippen LogP contribution in [0.5, 0.6) is 0 Å². The van der Waals surface area contributed by atoms with Gasteiger partial charge in [0.1, 0.15) is 5.69 Å². The highest BCUT2D eigenvalue weighted by atomic mass is 79.9. The topological polar surface area (TPSA) is 123 Å². The summed E-state index contributed by atoms with van der Waals surface area (Å²) >= 11 is 4.95. The van der Waals surface area contributed by atoms with Crippen molar-refractivity contribution in [2.75, 3.05) is 0 Å². The van der Waals surface area contributed by atoms with Crippen molar-refractivity contribution in [1.29, 1.82) is 0 Å². The molecule has 0 aliphatic heterocycles. The van der Waals surface area contributed by atoms with E-state index in [1.54, 1.807) is 78.5 Å². The maximum absolute atomic E-state index is 12.9. The Bertz CT molecular complexity index is 1950. The van der Waals surface area contributed by atoms with Crippen LogP contribution in [0.25, 0.3) is 22.0 Å². The maximum atomic E-state index is 12.9. The first-order valence-corrected chi connectivity index (χ1v) is 18.5. The average molecular weight is 734 g/mol. The molecule has 0 radical (unpaired) electrons. The molecule has 1 aromatic heterocycles. The third-order valence-electron chi connectivity index (χ3n) is 6.87. The Morgan fingerprint density at radius 1 is 0.822 bits per heavy atom. The Morgan fingerprint density at radius 3 is 2.13 bits per heavy atom. The molecule has 2 N–H and O–H groups in total. The lowest BCUT2D eigenvalue weighted by molar-refractivity contribution is -0.0881. The number of aromatic nitrogens is 1. The standard InChI is InChI=1S/C31H24BrF2NO7P2S/c32-27-14-21(8-11-25(27)17-43(37,41-33)42-34)19-45-18-20-6-9-22(10-7-20)26-15-24-12-13-28(31(36)23-4-2-1-3-5-23)35-30(24)29(16-26)44(38,39)40/h1-16H,17-19H2,(H2,38,39,40). The van der Waals surface area contributed by atoms with Crippen LogP contribution in [-0.2, 0) is 36.3 Å². The minimum Gasteiger partial charge on any atom is -0.321 e. The number of fused-ring (bicyclic) bond motifs is 1. The van der Waals surface area contributed by atoms with Crippen molar-refractivity contribution in [3.63, 3.8) is 0 Å². The fourth-order valence-corrected chi connectivity index (χ4v) is 7.93. The molecule has 0 amide bonds. The van der Waals surface area contributed by atoms with Crippen LogP contribution >= 0.6 is 42.9 Å². The van der Waals surface area contributed by atoms with E-state index in [-0.39, 0.29) is 22.3 Å². The van der Waals surface area contributed by atoms with Gasteiger partial charge in [0.15, 0.2) is 0 Å². The minimum absolute atomic E-state index is 0.0714. The molecule has 0 fully saturated rings. The number of pyridine rings is 1. The van der Waals surface area contributed by atoms with E-state index in [0.29, 0.717) is 38.1 Å². The number of halogens is 3. The number of hydrogen-bond acceptors (Lipinski definition) is 7. The fraction of sp³-hybridized carbons (Fsp3) is 0.0968. The van der Waals surface area contributed by atoms with Gasteiger partial charge >= 0.3 is 15.2 Å². The van der Waals surface area contributed by atoms with Gasteiger partial charge in [0, 0.05) is 26.9 Å². The number of ketones is 1. The van der Waals surface area contributed by atoms with Crippen LogP contribution in [0.3, 0.4) is 0 Å².